The Balaban J connectivity index is 1.49. The van der Waals surface area contributed by atoms with Crippen molar-refractivity contribution in [2.45, 2.75) is 44.6 Å². The van der Waals surface area contributed by atoms with Gasteiger partial charge in [0, 0.05) is 11.5 Å². The van der Waals surface area contributed by atoms with Crippen LogP contribution in [-0.4, -0.2) is 11.6 Å². The fourth-order valence-electron chi connectivity index (χ4n) is 5.35. The van der Waals surface area contributed by atoms with Gasteiger partial charge in [0.2, 0.25) is 0 Å². The van der Waals surface area contributed by atoms with Gasteiger partial charge in [0.25, 0.3) is 0 Å². The maximum atomic E-state index is 12.3. The number of esters is 1. The molecule has 0 heterocycles. The Morgan fingerprint density at radius 3 is 2.48 bits per heavy atom. The molecule has 2 atom stereocenters. The van der Waals surface area contributed by atoms with Crippen LogP contribution < -0.4 is 0 Å². The van der Waals surface area contributed by atoms with Crippen LogP contribution in [0, 0.1) is 17.3 Å². The van der Waals surface area contributed by atoms with E-state index in [1.165, 1.54) is 19.3 Å². The molecule has 0 amide bonds. The third kappa shape index (κ3) is 2.04. The summed E-state index contributed by atoms with van der Waals surface area (Å²) in [6.45, 7) is 2.33. The molecule has 0 saturated heterocycles. The van der Waals surface area contributed by atoms with Crippen LogP contribution in [0.2, 0.25) is 0 Å². The normalized spacial score (nSPS) is 40.0. The number of hydrogen-bond acceptors (Lipinski definition) is 2. The lowest BCUT2D eigenvalue weighted by molar-refractivity contribution is -0.162. The highest BCUT2D eigenvalue weighted by atomic mass is 16.6. The topological polar surface area (TPSA) is 26.3 Å². The largest absolute Gasteiger partial charge is 0.455 e. The first kappa shape index (κ1) is 13.1. The molecule has 1 aromatic carbocycles. The molecule has 4 saturated carbocycles. The molecule has 4 fully saturated rings. The van der Waals surface area contributed by atoms with Gasteiger partial charge in [-0.15, -0.1) is 0 Å². The summed E-state index contributed by atoms with van der Waals surface area (Å²) in [5.74, 6) is 1.40. The Bertz CT molecular complexity index is 573. The Kier molecular flexibility index (Phi) is 2.79. The summed E-state index contributed by atoms with van der Waals surface area (Å²) in [5.41, 5.74) is 1.10. The van der Waals surface area contributed by atoms with Crippen LogP contribution in [0.25, 0.3) is 6.08 Å². The number of hydrogen-bond donors (Lipinski definition) is 0. The van der Waals surface area contributed by atoms with Crippen molar-refractivity contribution in [3.05, 3.63) is 42.0 Å². The first-order chi connectivity index (χ1) is 10.1. The van der Waals surface area contributed by atoms with Gasteiger partial charge >= 0.3 is 5.97 Å². The van der Waals surface area contributed by atoms with Crippen molar-refractivity contribution in [1.29, 1.82) is 0 Å². The summed E-state index contributed by atoms with van der Waals surface area (Å²) in [7, 11) is 0. The van der Waals surface area contributed by atoms with Crippen molar-refractivity contribution in [3.63, 3.8) is 0 Å². The van der Waals surface area contributed by atoms with Crippen LogP contribution in [0.3, 0.4) is 0 Å². The van der Waals surface area contributed by atoms with E-state index in [-0.39, 0.29) is 17.0 Å². The molecule has 2 heteroatoms. The lowest BCUT2D eigenvalue weighted by atomic mass is 9.76. The quantitative estimate of drug-likeness (QED) is 0.613. The third-order valence-electron chi connectivity index (χ3n) is 5.99. The zero-order chi connectivity index (χ0) is 14.5. The maximum absolute atomic E-state index is 12.3. The summed E-state index contributed by atoms with van der Waals surface area (Å²) < 4.78 is 6.02. The smallest absolute Gasteiger partial charge is 0.331 e. The van der Waals surface area contributed by atoms with E-state index < -0.39 is 0 Å². The summed E-state index contributed by atoms with van der Waals surface area (Å²) in [5, 5.41) is 0. The van der Waals surface area contributed by atoms with Gasteiger partial charge in [-0.25, -0.2) is 4.79 Å². The highest BCUT2D eigenvalue weighted by molar-refractivity contribution is 5.87. The molecule has 4 bridgehead atoms. The van der Waals surface area contributed by atoms with Gasteiger partial charge in [-0.1, -0.05) is 37.3 Å². The molecule has 2 nitrogen and oxygen atoms in total. The number of ether oxygens (including phenoxy) is 1. The Morgan fingerprint density at radius 2 is 1.81 bits per heavy atom. The molecule has 0 radical (unpaired) electrons. The number of rotatable bonds is 3. The molecule has 0 N–H and O–H groups in total. The maximum Gasteiger partial charge on any atom is 0.331 e. The van der Waals surface area contributed by atoms with Crippen molar-refractivity contribution >= 4 is 12.0 Å². The van der Waals surface area contributed by atoms with Crippen molar-refractivity contribution in [3.8, 4) is 0 Å². The Morgan fingerprint density at radius 1 is 1.14 bits per heavy atom. The number of carbonyl (C=O) groups excluding carboxylic acids is 1. The van der Waals surface area contributed by atoms with Crippen molar-refractivity contribution < 1.29 is 9.53 Å². The molecule has 0 aromatic heterocycles. The van der Waals surface area contributed by atoms with Crippen LogP contribution in [0.1, 0.15) is 44.6 Å². The molecule has 4 aliphatic carbocycles. The van der Waals surface area contributed by atoms with E-state index in [9.17, 15) is 4.79 Å². The predicted molar refractivity (Wildman–Crippen MR) is 82.5 cm³/mol. The number of benzene rings is 1. The molecule has 2 unspecified atom stereocenters. The van der Waals surface area contributed by atoms with Gasteiger partial charge in [-0.2, -0.15) is 0 Å². The molecular formula is C19H22O2. The summed E-state index contributed by atoms with van der Waals surface area (Å²) in [6.07, 6.45) is 9.47. The van der Waals surface area contributed by atoms with Gasteiger partial charge < -0.3 is 4.74 Å². The Hall–Kier alpha value is -1.57. The van der Waals surface area contributed by atoms with E-state index in [0.29, 0.717) is 0 Å². The van der Waals surface area contributed by atoms with Gasteiger partial charge in [0.05, 0.1) is 0 Å². The predicted octanol–water partition coefficient (Wildman–Crippen LogP) is 4.21. The van der Waals surface area contributed by atoms with Crippen LogP contribution in [0.4, 0.5) is 0 Å². The molecule has 0 spiro atoms. The second kappa shape index (κ2) is 4.46. The fourth-order valence-corrected chi connectivity index (χ4v) is 5.35. The standard InChI is InChI=1S/C19H22O2/c1-18-10-15-9-16(11-18)13-19(18,12-15)21-17(20)8-7-14-5-3-2-4-6-14/h2-8,15-16H,9-13H2,1H3/b8-7+. The minimum atomic E-state index is -0.173. The van der Waals surface area contributed by atoms with E-state index in [1.807, 2.05) is 36.4 Å². The van der Waals surface area contributed by atoms with Crippen molar-refractivity contribution in [2.24, 2.45) is 17.3 Å². The average Bonchev–Trinajstić information content (AvgIpc) is 2.75. The molecular weight excluding hydrogens is 260 g/mol. The molecule has 5 rings (SSSR count). The minimum Gasteiger partial charge on any atom is -0.455 e. The number of carbonyl (C=O) groups is 1. The molecule has 21 heavy (non-hydrogen) atoms. The van der Waals surface area contributed by atoms with Crippen LogP contribution >= 0.6 is 0 Å². The van der Waals surface area contributed by atoms with E-state index in [4.69, 9.17) is 4.74 Å². The van der Waals surface area contributed by atoms with E-state index >= 15 is 0 Å². The third-order valence-corrected chi connectivity index (χ3v) is 5.99. The molecule has 0 aliphatic heterocycles. The fraction of sp³-hybridized carbons (Fsp3) is 0.526. The SMILES string of the molecule is CC12CC3CC(C1)CC2(OC(=O)/C=C/c1ccccc1)C3. The van der Waals surface area contributed by atoms with Gasteiger partial charge in [-0.3, -0.25) is 0 Å². The second-order valence-electron chi connectivity index (χ2n) is 7.50. The van der Waals surface area contributed by atoms with Crippen molar-refractivity contribution in [2.75, 3.05) is 0 Å². The summed E-state index contributed by atoms with van der Waals surface area (Å²) in [4.78, 5) is 12.3. The second-order valence-corrected chi connectivity index (χ2v) is 7.50. The van der Waals surface area contributed by atoms with E-state index in [0.717, 1.165) is 30.2 Å². The minimum absolute atomic E-state index is 0.168. The summed E-state index contributed by atoms with van der Waals surface area (Å²) >= 11 is 0. The van der Waals surface area contributed by atoms with E-state index in [1.54, 1.807) is 6.08 Å². The van der Waals surface area contributed by atoms with Crippen LogP contribution in [-0.2, 0) is 9.53 Å². The van der Waals surface area contributed by atoms with Crippen LogP contribution in [0.5, 0.6) is 0 Å². The van der Waals surface area contributed by atoms with Gasteiger partial charge in [-0.05, 0) is 55.6 Å². The van der Waals surface area contributed by atoms with Gasteiger partial charge in [0.15, 0.2) is 0 Å². The highest BCUT2D eigenvalue weighted by Crippen LogP contribution is 2.68. The average molecular weight is 282 g/mol. The lowest BCUT2D eigenvalue weighted by Gasteiger charge is -2.37. The zero-order valence-corrected chi connectivity index (χ0v) is 12.5. The van der Waals surface area contributed by atoms with Crippen molar-refractivity contribution in [1.82, 2.24) is 0 Å². The monoisotopic (exact) mass is 282 g/mol. The van der Waals surface area contributed by atoms with Crippen LogP contribution in [0.15, 0.2) is 36.4 Å². The first-order valence-electron chi connectivity index (χ1n) is 8.05. The summed E-state index contributed by atoms with van der Waals surface area (Å²) in [6, 6.07) is 9.91. The van der Waals surface area contributed by atoms with Gasteiger partial charge in [0.1, 0.15) is 5.60 Å². The lowest BCUT2D eigenvalue weighted by Crippen LogP contribution is -2.41. The highest BCUT2D eigenvalue weighted by Gasteiger charge is 2.66. The zero-order valence-electron chi connectivity index (χ0n) is 12.5. The Labute approximate surface area is 126 Å². The molecule has 4 aliphatic rings. The first-order valence-corrected chi connectivity index (χ1v) is 8.05. The molecule has 1 aromatic rings. The van der Waals surface area contributed by atoms with E-state index in [2.05, 4.69) is 6.92 Å². The molecule has 110 valence electrons.